The van der Waals surface area contributed by atoms with Gasteiger partial charge >= 0.3 is 0 Å². The molecule has 0 fully saturated rings. The highest BCUT2D eigenvalue weighted by molar-refractivity contribution is 14.0. The van der Waals surface area contributed by atoms with Crippen molar-refractivity contribution in [1.29, 1.82) is 0 Å². The van der Waals surface area contributed by atoms with Gasteiger partial charge in [-0.25, -0.2) is 0 Å². The number of halogens is 1. The highest BCUT2D eigenvalue weighted by Gasteiger charge is 2.06. The summed E-state index contributed by atoms with van der Waals surface area (Å²) >= 11 is 0. The van der Waals surface area contributed by atoms with Crippen LogP contribution in [0.25, 0.3) is 10.8 Å². The Morgan fingerprint density at radius 3 is 2.71 bits per heavy atom. The summed E-state index contributed by atoms with van der Waals surface area (Å²) in [5.41, 5.74) is 3.43. The van der Waals surface area contributed by atoms with Gasteiger partial charge in [0.2, 0.25) is 0 Å². The number of aliphatic imine (C=N–C) groups is 1. The third-order valence-electron chi connectivity index (χ3n) is 4.53. The van der Waals surface area contributed by atoms with E-state index in [4.69, 9.17) is 4.74 Å². The van der Waals surface area contributed by atoms with Crippen LogP contribution in [0.4, 0.5) is 0 Å². The van der Waals surface area contributed by atoms with E-state index >= 15 is 0 Å². The molecule has 0 aliphatic heterocycles. The lowest BCUT2D eigenvalue weighted by molar-refractivity contribution is 0.409. The zero-order valence-electron chi connectivity index (χ0n) is 16.5. The van der Waals surface area contributed by atoms with Gasteiger partial charge in [-0.15, -0.1) is 24.0 Å². The Morgan fingerprint density at radius 1 is 1.11 bits per heavy atom. The maximum Gasteiger partial charge on any atom is 0.191 e. The van der Waals surface area contributed by atoms with Crippen LogP contribution < -0.4 is 15.4 Å². The number of aryl methyl sites for hydroxylation is 1. The number of guanidine groups is 1. The molecule has 0 amide bonds. The Kier molecular flexibility index (Phi) is 8.50. The highest BCUT2D eigenvalue weighted by Crippen LogP contribution is 2.19. The largest absolute Gasteiger partial charge is 0.496 e. The lowest BCUT2D eigenvalue weighted by Gasteiger charge is -2.14. The van der Waals surface area contributed by atoms with E-state index in [0.29, 0.717) is 6.54 Å². The molecular formula is C22H27IN4O. The predicted molar refractivity (Wildman–Crippen MR) is 127 cm³/mol. The number of nitrogens with one attached hydrogen (secondary N) is 2. The number of aromatic nitrogens is 1. The van der Waals surface area contributed by atoms with Crippen LogP contribution in [-0.2, 0) is 13.0 Å². The maximum absolute atomic E-state index is 5.45. The molecule has 1 heterocycles. The first kappa shape index (κ1) is 21.9. The molecule has 0 unspecified atom stereocenters. The van der Waals surface area contributed by atoms with E-state index in [1.807, 2.05) is 30.5 Å². The highest BCUT2D eigenvalue weighted by atomic mass is 127. The van der Waals surface area contributed by atoms with E-state index in [2.05, 4.69) is 51.8 Å². The Balaban J connectivity index is 0.00000280. The minimum Gasteiger partial charge on any atom is -0.496 e. The van der Waals surface area contributed by atoms with Crippen molar-refractivity contribution in [2.24, 2.45) is 4.99 Å². The molecule has 3 aromatic rings. The number of benzene rings is 2. The third kappa shape index (κ3) is 5.58. The number of pyridine rings is 1. The topological polar surface area (TPSA) is 58.5 Å². The van der Waals surface area contributed by atoms with Crippen LogP contribution in [0.15, 0.2) is 59.7 Å². The van der Waals surface area contributed by atoms with Crippen molar-refractivity contribution < 1.29 is 4.74 Å². The molecule has 0 radical (unpaired) electrons. The average molecular weight is 490 g/mol. The van der Waals surface area contributed by atoms with Gasteiger partial charge in [0.05, 0.1) is 19.3 Å². The fourth-order valence-electron chi connectivity index (χ4n) is 3.13. The molecule has 0 atom stereocenters. The molecule has 3 rings (SSSR count). The molecule has 0 spiro atoms. The molecule has 0 saturated carbocycles. The lowest BCUT2D eigenvalue weighted by atomic mass is 10.1. The number of nitrogens with zero attached hydrogens (tertiary/aromatic N) is 2. The predicted octanol–water partition coefficient (Wildman–Crippen LogP) is 4.08. The van der Waals surface area contributed by atoms with E-state index in [0.717, 1.165) is 35.8 Å². The zero-order valence-corrected chi connectivity index (χ0v) is 18.9. The fraction of sp³-hybridized carbons (Fsp3) is 0.273. The molecule has 2 N–H and O–H groups in total. The van der Waals surface area contributed by atoms with Gasteiger partial charge in [0.15, 0.2) is 5.96 Å². The van der Waals surface area contributed by atoms with Gasteiger partial charge in [0.25, 0.3) is 0 Å². The van der Waals surface area contributed by atoms with Crippen molar-refractivity contribution in [3.8, 4) is 5.75 Å². The second-order valence-corrected chi connectivity index (χ2v) is 6.40. The van der Waals surface area contributed by atoms with Crippen LogP contribution in [0.1, 0.15) is 16.8 Å². The van der Waals surface area contributed by atoms with Crippen LogP contribution >= 0.6 is 24.0 Å². The van der Waals surface area contributed by atoms with E-state index in [1.165, 1.54) is 16.5 Å². The number of ether oxygens (including phenoxy) is 1. The maximum atomic E-state index is 5.45. The third-order valence-corrected chi connectivity index (χ3v) is 4.53. The Hall–Kier alpha value is -2.35. The number of rotatable bonds is 6. The van der Waals surface area contributed by atoms with Gasteiger partial charge in [0.1, 0.15) is 5.75 Å². The number of methoxy groups -OCH3 is 1. The summed E-state index contributed by atoms with van der Waals surface area (Å²) in [7, 11) is 3.48. The smallest absolute Gasteiger partial charge is 0.191 e. The molecule has 2 aromatic carbocycles. The van der Waals surface area contributed by atoms with Gasteiger partial charge in [-0.3, -0.25) is 9.98 Å². The molecule has 5 nitrogen and oxygen atoms in total. The first-order chi connectivity index (χ1) is 13.2. The molecule has 0 aliphatic carbocycles. The summed E-state index contributed by atoms with van der Waals surface area (Å²) < 4.78 is 5.45. The van der Waals surface area contributed by atoms with Crippen LogP contribution in [0.3, 0.4) is 0 Å². The van der Waals surface area contributed by atoms with Gasteiger partial charge in [-0.05, 0) is 36.4 Å². The fourth-order valence-corrected chi connectivity index (χ4v) is 3.13. The average Bonchev–Trinajstić information content (AvgIpc) is 2.70. The number of hydrogen-bond donors (Lipinski definition) is 2. The van der Waals surface area contributed by atoms with Crippen molar-refractivity contribution in [1.82, 2.24) is 15.6 Å². The summed E-state index contributed by atoms with van der Waals surface area (Å²) in [6.45, 7) is 3.48. The first-order valence-corrected chi connectivity index (χ1v) is 9.12. The van der Waals surface area contributed by atoms with Crippen LogP contribution in [0.2, 0.25) is 0 Å². The van der Waals surface area contributed by atoms with E-state index < -0.39 is 0 Å². The molecule has 0 aliphatic rings. The standard InChI is InChI=1S/C22H26N4O.HI/c1-16-8-9-21(27-3)18(14-16)11-13-25-22(23-2)26-15-20-19-7-5-4-6-17(19)10-12-24-20;/h4-10,12,14H,11,13,15H2,1-3H3,(H2,23,25,26);1H. The molecule has 0 bridgehead atoms. The van der Waals surface area contributed by atoms with Crippen molar-refractivity contribution in [3.63, 3.8) is 0 Å². The molecule has 1 aromatic heterocycles. The summed E-state index contributed by atoms with van der Waals surface area (Å²) in [6.07, 6.45) is 2.71. The Bertz CT molecular complexity index is 937. The van der Waals surface area contributed by atoms with Crippen LogP contribution in [0, 0.1) is 6.92 Å². The van der Waals surface area contributed by atoms with Crippen LogP contribution in [-0.4, -0.2) is 31.6 Å². The second kappa shape index (κ2) is 10.8. The van der Waals surface area contributed by atoms with Gasteiger partial charge in [-0.2, -0.15) is 0 Å². The SMILES string of the molecule is CN=C(NCCc1cc(C)ccc1OC)NCc1nccc2ccccc12.I. The summed E-state index contributed by atoms with van der Waals surface area (Å²) in [5, 5.41) is 9.06. The van der Waals surface area contributed by atoms with E-state index in [-0.39, 0.29) is 24.0 Å². The first-order valence-electron chi connectivity index (χ1n) is 9.12. The monoisotopic (exact) mass is 490 g/mol. The molecule has 0 saturated heterocycles. The second-order valence-electron chi connectivity index (χ2n) is 6.40. The minimum atomic E-state index is 0. The lowest BCUT2D eigenvalue weighted by Crippen LogP contribution is -2.38. The minimum absolute atomic E-state index is 0. The normalized spacial score (nSPS) is 11.0. The molecule has 6 heteroatoms. The quantitative estimate of drug-likeness (QED) is 0.311. The van der Waals surface area contributed by atoms with Gasteiger partial charge in [0, 0.05) is 25.2 Å². The van der Waals surface area contributed by atoms with E-state index in [1.54, 1.807) is 14.2 Å². The number of hydrogen-bond acceptors (Lipinski definition) is 3. The Morgan fingerprint density at radius 2 is 1.93 bits per heavy atom. The van der Waals surface area contributed by atoms with Gasteiger partial charge < -0.3 is 15.4 Å². The molecule has 148 valence electrons. The summed E-state index contributed by atoms with van der Waals surface area (Å²) in [4.78, 5) is 8.82. The molecule has 28 heavy (non-hydrogen) atoms. The summed E-state index contributed by atoms with van der Waals surface area (Å²) in [6, 6.07) is 16.5. The number of fused-ring (bicyclic) bond motifs is 1. The zero-order chi connectivity index (χ0) is 19.1. The van der Waals surface area contributed by atoms with Crippen molar-refractivity contribution in [2.45, 2.75) is 19.9 Å². The van der Waals surface area contributed by atoms with Crippen molar-refractivity contribution >= 4 is 40.7 Å². The van der Waals surface area contributed by atoms with E-state index in [9.17, 15) is 0 Å². The van der Waals surface area contributed by atoms with Crippen molar-refractivity contribution in [3.05, 3.63) is 71.5 Å². The summed E-state index contributed by atoms with van der Waals surface area (Å²) in [5.74, 6) is 1.68. The van der Waals surface area contributed by atoms with Crippen molar-refractivity contribution in [2.75, 3.05) is 20.7 Å². The van der Waals surface area contributed by atoms with Gasteiger partial charge in [-0.1, -0.05) is 42.0 Å². The Labute approximate surface area is 183 Å². The van der Waals surface area contributed by atoms with Crippen LogP contribution in [0.5, 0.6) is 5.75 Å². The molecular weight excluding hydrogens is 463 g/mol.